The fraction of sp³-hybridized carbons (Fsp3) is 0.476. The van der Waals surface area contributed by atoms with E-state index in [1.165, 1.54) is 0 Å². The molecule has 1 aromatic heterocycles. The topological polar surface area (TPSA) is 96.8 Å². The Bertz CT molecular complexity index is 863. The minimum Gasteiger partial charge on any atom is -0.497 e. The minimum atomic E-state index is -0.486. The van der Waals surface area contributed by atoms with Crippen molar-refractivity contribution in [1.82, 2.24) is 14.9 Å². The number of aromatic nitrogens is 2. The number of aliphatic hydroxyl groups is 1. The van der Waals surface area contributed by atoms with Crippen molar-refractivity contribution in [2.45, 2.75) is 25.0 Å². The van der Waals surface area contributed by atoms with Gasteiger partial charge in [0, 0.05) is 25.5 Å². The summed E-state index contributed by atoms with van der Waals surface area (Å²) in [6.45, 7) is 1.30. The summed E-state index contributed by atoms with van der Waals surface area (Å²) in [7, 11) is 3.13. The maximum absolute atomic E-state index is 13.2. The van der Waals surface area contributed by atoms with Gasteiger partial charge in [0.1, 0.15) is 17.3 Å². The van der Waals surface area contributed by atoms with Gasteiger partial charge in [0.2, 0.25) is 0 Å². The average molecular weight is 398 g/mol. The number of anilines is 1. The van der Waals surface area contributed by atoms with Crippen LogP contribution in [0.1, 0.15) is 23.2 Å². The van der Waals surface area contributed by atoms with E-state index in [2.05, 4.69) is 15.3 Å². The molecule has 1 saturated carbocycles. The molecule has 2 heterocycles. The van der Waals surface area contributed by atoms with E-state index in [1.807, 2.05) is 4.90 Å². The van der Waals surface area contributed by atoms with Crippen LogP contribution in [0.15, 0.2) is 36.8 Å². The number of nitrogens with zero attached hydrogens (tertiary/aromatic N) is 3. The highest BCUT2D eigenvalue weighted by Gasteiger charge is 2.43. The monoisotopic (exact) mass is 398 g/mol. The van der Waals surface area contributed by atoms with Gasteiger partial charge in [0.15, 0.2) is 0 Å². The number of carbonyl (C=O) groups excluding carboxylic acids is 1. The van der Waals surface area contributed by atoms with Crippen LogP contribution in [0.3, 0.4) is 0 Å². The van der Waals surface area contributed by atoms with Crippen LogP contribution in [0.4, 0.5) is 5.82 Å². The van der Waals surface area contributed by atoms with Gasteiger partial charge in [-0.1, -0.05) is 0 Å². The van der Waals surface area contributed by atoms with Crippen molar-refractivity contribution < 1.29 is 19.4 Å². The SMILES string of the molecule is COc1ccc(OC)c(C(=O)N2C[C@H]3C[C@@H](Nc4cnccn4)[C@H](O)C[C@H]3C2)c1. The van der Waals surface area contributed by atoms with E-state index >= 15 is 0 Å². The van der Waals surface area contributed by atoms with Crippen molar-refractivity contribution in [2.75, 3.05) is 32.6 Å². The summed E-state index contributed by atoms with van der Waals surface area (Å²) in [5.41, 5.74) is 0.500. The van der Waals surface area contributed by atoms with Crippen LogP contribution >= 0.6 is 0 Å². The molecule has 0 bridgehead atoms. The van der Waals surface area contributed by atoms with Gasteiger partial charge in [-0.2, -0.15) is 0 Å². The lowest BCUT2D eigenvalue weighted by atomic mass is 9.77. The maximum atomic E-state index is 13.2. The number of nitrogens with one attached hydrogen (secondary N) is 1. The summed E-state index contributed by atoms with van der Waals surface area (Å²) in [5, 5.41) is 13.9. The molecule has 8 nitrogen and oxygen atoms in total. The molecular formula is C21H26N4O4. The van der Waals surface area contributed by atoms with Gasteiger partial charge in [-0.3, -0.25) is 9.78 Å². The van der Waals surface area contributed by atoms with Crippen LogP contribution in [-0.4, -0.2) is 65.3 Å². The quantitative estimate of drug-likeness (QED) is 0.793. The first-order chi connectivity index (χ1) is 14.1. The Labute approximate surface area is 169 Å². The van der Waals surface area contributed by atoms with Gasteiger partial charge in [-0.15, -0.1) is 0 Å². The molecule has 0 unspecified atom stereocenters. The van der Waals surface area contributed by atoms with E-state index in [0.29, 0.717) is 48.3 Å². The van der Waals surface area contributed by atoms with Crippen LogP contribution in [0.2, 0.25) is 0 Å². The van der Waals surface area contributed by atoms with Gasteiger partial charge >= 0.3 is 0 Å². The van der Waals surface area contributed by atoms with Crippen LogP contribution < -0.4 is 14.8 Å². The van der Waals surface area contributed by atoms with Gasteiger partial charge in [-0.25, -0.2) is 4.98 Å². The molecule has 1 amide bonds. The molecule has 2 aliphatic rings. The molecule has 2 fully saturated rings. The molecule has 1 saturated heterocycles. The molecule has 4 rings (SSSR count). The first-order valence-electron chi connectivity index (χ1n) is 9.81. The second kappa shape index (κ2) is 8.24. The average Bonchev–Trinajstić information content (AvgIpc) is 3.16. The predicted octanol–water partition coefficient (Wildman–Crippen LogP) is 1.82. The Morgan fingerprint density at radius 1 is 1.17 bits per heavy atom. The summed E-state index contributed by atoms with van der Waals surface area (Å²) >= 11 is 0. The summed E-state index contributed by atoms with van der Waals surface area (Å²) in [5.74, 6) is 2.35. The molecular weight excluding hydrogens is 372 g/mol. The van der Waals surface area contributed by atoms with E-state index in [4.69, 9.17) is 9.47 Å². The minimum absolute atomic E-state index is 0.0666. The number of fused-ring (bicyclic) bond motifs is 1. The number of aliphatic hydroxyl groups excluding tert-OH is 1. The smallest absolute Gasteiger partial charge is 0.257 e. The van der Waals surface area contributed by atoms with E-state index in [1.54, 1.807) is 51.0 Å². The Morgan fingerprint density at radius 3 is 2.66 bits per heavy atom. The van der Waals surface area contributed by atoms with Gasteiger partial charge < -0.3 is 24.8 Å². The number of hydrogen-bond acceptors (Lipinski definition) is 7. The van der Waals surface area contributed by atoms with Gasteiger partial charge in [0.05, 0.1) is 38.1 Å². The van der Waals surface area contributed by atoms with Gasteiger partial charge in [0.25, 0.3) is 5.91 Å². The summed E-state index contributed by atoms with van der Waals surface area (Å²) in [4.78, 5) is 23.3. The Morgan fingerprint density at radius 2 is 1.97 bits per heavy atom. The predicted molar refractivity (Wildman–Crippen MR) is 107 cm³/mol. The number of benzene rings is 1. The fourth-order valence-electron chi connectivity index (χ4n) is 4.47. The van der Waals surface area contributed by atoms with Crippen molar-refractivity contribution in [2.24, 2.45) is 11.8 Å². The fourth-order valence-corrected chi connectivity index (χ4v) is 4.47. The zero-order valence-corrected chi connectivity index (χ0v) is 16.6. The van der Waals surface area contributed by atoms with Crippen LogP contribution in [0, 0.1) is 11.8 Å². The number of rotatable bonds is 5. The molecule has 1 aliphatic heterocycles. The Hall–Kier alpha value is -2.87. The number of ether oxygens (including phenoxy) is 2. The molecule has 4 atom stereocenters. The number of carbonyl (C=O) groups is 1. The lowest BCUT2D eigenvalue weighted by Crippen LogP contribution is -2.43. The summed E-state index contributed by atoms with van der Waals surface area (Å²) in [6, 6.07) is 5.14. The highest BCUT2D eigenvalue weighted by molar-refractivity contribution is 5.97. The first kappa shape index (κ1) is 19.4. The van der Waals surface area contributed by atoms with E-state index in [9.17, 15) is 9.90 Å². The second-order valence-electron chi connectivity index (χ2n) is 7.68. The van der Waals surface area contributed by atoms with Crippen molar-refractivity contribution in [3.8, 4) is 11.5 Å². The van der Waals surface area contributed by atoms with Gasteiger partial charge in [-0.05, 0) is 42.9 Å². The van der Waals surface area contributed by atoms with Crippen molar-refractivity contribution in [3.63, 3.8) is 0 Å². The lowest BCUT2D eigenvalue weighted by Gasteiger charge is -2.35. The molecule has 0 spiro atoms. The molecule has 8 heteroatoms. The maximum Gasteiger partial charge on any atom is 0.257 e. The molecule has 1 aromatic carbocycles. The third kappa shape index (κ3) is 3.98. The normalized spacial score (nSPS) is 26.0. The highest BCUT2D eigenvalue weighted by Crippen LogP contribution is 2.38. The molecule has 154 valence electrons. The summed E-state index contributed by atoms with van der Waals surface area (Å²) in [6.07, 6.45) is 5.84. The standard InChI is InChI=1S/C21H26N4O4/c1-28-15-3-4-19(29-2)16(9-15)21(27)25-11-13-7-17(18(26)8-14(13)12-25)24-20-10-22-5-6-23-20/h3-6,9-10,13-14,17-18,26H,7-8,11-12H2,1-2H3,(H,23,24)/t13-,14+,17-,18-/m1/s1. The summed E-state index contributed by atoms with van der Waals surface area (Å²) < 4.78 is 10.6. The number of hydrogen-bond donors (Lipinski definition) is 2. The Kier molecular flexibility index (Phi) is 5.53. The number of likely N-dealkylation sites (tertiary alicyclic amines) is 1. The van der Waals surface area contributed by atoms with E-state index in [0.717, 1.165) is 6.42 Å². The molecule has 1 aliphatic carbocycles. The lowest BCUT2D eigenvalue weighted by molar-refractivity contribution is 0.0726. The van der Waals surface area contributed by atoms with Crippen molar-refractivity contribution >= 4 is 11.7 Å². The second-order valence-corrected chi connectivity index (χ2v) is 7.68. The molecule has 2 aromatic rings. The van der Waals surface area contributed by atoms with Crippen LogP contribution in [0.25, 0.3) is 0 Å². The number of amides is 1. The largest absolute Gasteiger partial charge is 0.497 e. The first-order valence-corrected chi connectivity index (χ1v) is 9.81. The highest BCUT2D eigenvalue weighted by atomic mass is 16.5. The van der Waals surface area contributed by atoms with E-state index < -0.39 is 6.10 Å². The van der Waals surface area contributed by atoms with Crippen molar-refractivity contribution in [3.05, 3.63) is 42.4 Å². The molecule has 2 N–H and O–H groups in total. The third-order valence-corrected chi connectivity index (χ3v) is 5.96. The van der Waals surface area contributed by atoms with Crippen LogP contribution in [0.5, 0.6) is 11.5 Å². The molecule has 29 heavy (non-hydrogen) atoms. The zero-order valence-electron chi connectivity index (χ0n) is 16.6. The Balaban J connectivity index is 1.46. The van der Waals surface area contributed by atoms with E-state index in [-0.39, 0.29) is 17.9 Å². The molecule has 0 radical (unpaired) electrons. The van der Waals surface area contributed by atoms with Crippen molar-refractivity contribution in [1.29, 1.82) is 0 Å². The number of methoxy groups -OCH3 is 2. The third-order valence-electron chi connectivity index (χ3n) is 5.96. The van der Waals surface area contributed by atoms with Crippen LogP contribution in [-0.2, 0) is 0 Å². The zero-order chi connectivity index (χ0) is 20.4.